The van der Waals surface area contributed by atoms with Gasteiger partial charge in [-0.25, -0.2) is 18.7 Å². The van der Waals surface area contributed by atoms with E-state index in [1.807, 2.05) is 0 Å². The predicted octanol–water partition coefficient (Wildman–Crippen LogP) is 2.93. The van der Waals surface area contributed by atoms with Crippen molar-refractivity contribution in [2.75, 3.05) is 5.32 Å². The van der Waals surface area contributed by atoms with Crippen LogP contribution in [0.25, 0.3) is 0 Å². The lowest BCUT2D eigenvalue weighted by molar-refractivity contribution is -0.384. The number of benzene rings is 1. The van der Waals surface area contributed by atoms with Gasteiger partial charge in [-0.3, -0.25) is 10.1 Å². The summed E-state index contributed by atoms with van der Waals surface area (Å²) in [6, 6.07) is 2.92. The Morgan fingerprint density at radius 3 is 2.80 bits per heavy atom. The fourth-order valence-electron chi connectivity index (χ4n) is 1.51. The zero-order valence-electron chi connectivity index (χ0n) is 9.81. The van der Waals surface area contributed by atoms with Crippen LogP contribution in [0.3, 0.4) is 0 Å². The Morgan fingerprint density at radius 2 is 2.10 bits per heavy atom. The molecule has 0 fully saturated rings. The van der Waals surface area contributed by atoms with E-state index < -0.39 is 22.2 Å². The van der Waals surface area contributed by atoms with Crippen LogP contribution in [0.5, 0.6) is 0 Å². The SMILES string of the molecule is O=[N+]([O-])c1c(Cl)ncnc1NCc1cc(F)ccc1F. The van der Waals surface area contributed by atoms with Crippen molar-refractivity contribution in [3.05, 3.63) is 57.0 Å². The average molecular weight is 301 g/mol. The van der Waals surface area contributed by atoms with E-state index in [1.165, 1.54) is 0 Å². The summed E-state index contributed by atoms with van der Waals surface area (Å²) in [6.07, 6.45) is 1.03. The molecule has 0 bridgehead atoms. The lowest BCUT2D eigenvalue weighted by atomic mass is 10.2. The van der Waals surface area contributed by atoms with Gasteiger partial charge in [0, 0.05) is 12.1 Å². The molecule has 2 rings (SSSR count). The minimum atomic E-state index is -0.757. The number of nitrogens with zero attached hydrogens (tertiary/aromatic N) is 3. The summed E-state index contributed by atoms with van der Waals surface area (Å²) < 4.78 is 26.4. The fourth-order valence-corrected chi connectivity index (χ4v) is 1.71. The summed E-state index contributed by atoms with van der Waals surface area (Å²) in [5, 5.41) is 13.0. The Morgan fingerprint density at radius 1 is 1.35 bits per heavy atom. The summed E-state index contributed by atoms with van der Waals surface area (Å²) in [4.78, 5) is 17.2. The van der Waals surface area contributed by atoms with Crippen LogP contribution < -0.4 is 5.32 Å². The first-order valence-electron chi connectivity index (χ1n) is 5.31. The van der Waals surface area contributed by atoms with Crippen LogP contribution in [0.1, 0.15) is 5.56 Å². The van der Waals surface area contributed by atoms with Gasteiger partial charge < -0.3 is 5.32 Å². The first-order chi connectivity index (χ1) is 9.49. The van der Waals surface area contributed by atoms with Gasteiger partial charge in [-0.05, 0) is 18.2 Å². The summed E-state index contributed by atoms with van der Waals surface area (Å²) >= 11 is 5.60. The topological polar surface area (TPSA) is 81.0 Å². The maximum atomic E-state index is 13.4. The van der Waals surface area contributed by atoms with Crippen molar-refractivity contribution in [3.63, 3.8) is 0 Å². The molecule has 2 aromatic rings. The third-order valence-corrected chi connectivity index (χ3v) is 2.69. The highest BCUT2D eigenvalue weighted by Crippen LogP contribution is 2.28. The van der Waals surface area contributed by atoms with Gasteiger partial charge in [0.1, 0.15) is 18.0 Å². The van der Waals surface area contributed by atoms with E-state index in [9.17, 15) is 18.9 Å². The number of nitrogens with one attached hydrogen (secondary N) is 1. The molecule has 0 unspecified atom stereocenters. The molecular weight excluding hydrogens is 294 g/mol. The van der Waals surface area contributed by atoms with Crippen LogP contribution in [0.15, 0.2) is 24.5 Å². The molecule has 0 aliphatic heterocycles. The smallest absolute Gasteiger partial charge is 0.348 e. The highest BCUT2D eigenvalue weighted by atomic mass is 35.5. The molecule has 0 saturated carbocycles. The van der Waals surface area contributed by atoms with Gasteiger partial charge in [-0.15, -0.1) is 0 Å². The van der Waals surface area contributed by atoms with E-state index in [0.29, 0.717) is 0 Å². The molecule has 0 atom stereocenters. The monoisotopic (exact) mass is 300 g/mol. The predicted molar refractivity (Wildman–Crippen MR) is 67.4 cm³/mol. The zero-order chi connectivity index (χ0) is 14.7. The normalized spacial score (nSPS) is 10.3. The van der Waals surface area contributed by atoms with Gasteiger partial charge in [0.2, 0.25) is 11.0 Å². The van der Waals surface area contributed by atoms with E-state index in [-0.39, 0.29) is 23.1 Å². The zero-order valence-corrected chi connectivity index (χ0v) is 10.6. The molecule has 0 radical (unpaired) electrons. The maximum Gasteiger partial charge on any atom is 0.348 e. The number of hydrogen-bond acceptors (Lipinski definition) is 5. The van der Waals surface area contributed by atoms with Gasteiger partial charge in [-0.1, -0.05) is 11.6 Å². The van der Waals surface area contributed by atoms with Crippen LogP contribution in [-0.4, -0.2) is 14.9 Å². The van der Waals surface area contributed by atoms with E-state index in [1.54, 1.807) is 0 Å². The standard InChI is InChI=1S/C11H7ClF2N4O2/c12-10-9(18(19)20)11(17-5-16-10)15-4-6-3-7(13)1-2-8(6)14/h1-3,5H,4H2,(H,15,16,17). The van der Waals surface area contributed by atoms with Crippen molar-refractivity contribution in [1.82, 2.24) is 9.97 Å². The Labute approximate surface area is 116 Å². The van der Waals surface area contributed by atoms with Gasteiger partial charge >= 0.3 is 5.69 Å². The van der Waals surface area contributed by atoms with E-state index in [2.05, 4.69) is 15.3 Å². The molecule has 104 valence electrons. The summed E-state index contributed by atoms with van der Waals surface area (Å²) in [5.74, 6) is -1.42. The number of rotatable bonds is 4. The molecule has 9 heteroatoms. The van der Waals surface area contributed by atoms with E-state index >= 15 is 0 Å². The third-order valence-electron chi connectivity index (χ3n) is 2.41. The van der Waals surface area contributed by atoms with Gasteiger partial charge in [0.15, 0.2) is 0 Å². The van der Waals surface area contributed by atoms with E-state index in [4.69, 9.17) is 11.6 Å². The molecule has 0 spiro atoms. The van der Waals surface area contributed by atoms with Crippen molar-refractivity contribution in [2.45, 2.75) is 6.54 Å². The maximum absolute atomic E-state index is 13.4. The number of nitro groups is 1. The lowest BCUT2D eigenvalue weighted by Crippen LogP contribution is -2.07. The second kappa shape index (κ2) is 5.74. The van der Waals surface area contributed by atoms with Crippen molar-refractivity contribution in [2.24, 2.45) is 0 Å². The highest BCUT2D eigenvalue weighted by Gasteiger charge is 2.21. The summed E-state index contributed by atoms with van der Waals surface area (Å²) in [7, 11) is 0. The summed E-state index contributed by atoms with van der Waals surface area (Å²) in [6.45, 7) is -0.183. The number of hydrogen-bond donors (Lipinski definition) is 1. The van der Waals surface area contributed by atoms with Crippen molar-refractivity contribution >= 4 is 23.1 Å². The van der Waals surface area contributed by atoms with Crippen molar-refractivity contribution in [3.8, 4) is 0 Å². The molecular formula is C11H7ClF2N4O2. The Balaban J connectivity index is 2.25. The Kier molecular flexibility index (Phi) is 4.04. The first kappa shape index (κ1) is 14.1. The van der Waals surface area contributed by atoms with Crippen LogP contribution >= 0.6 is 11.6 Å². The molecule has 6 nitrogen and oxygen atoms in total. The molecule has 0 aliphatic rings. The minimum absolute atomic E-state index is 0.00836. The Hall–Kier alpha value is -2.35. The molecule has 0 aliphatic carbocycles. The largest absolute Gasteiger partial charge is 0.360 e. The minimum Gasteiger partial charge on any atom is -0.360 e. The first-order valence-corrected chi connectivity index (χ1v) is 5.69. The third kappa shape index (κ3) is 2.97. The number of aromatic nitrogens is 2. The number of anilines is 1. The van der Waals surface area contributed by atoms with Crippen LogP contribution in [0.2, 0.25) is 5.15 Å². The lowest BCUT2D eigenvalue weighted by Gasteiger charge is -2.07. The molecule has 1 heterocycles. The molecule has 20 heavy (non-hydrogen) atoms. The van der Waals surface area contributed by atoms with Crippen LogP contribution in [0, 0.1) is 21.7 Å². The average Bonchev–Trinajstić information content (AvgIpc) is 2.39. The van der Waals surface area contributed by atoms with Crippen LogP contribution in [0.4, 0.5) is 20.3 Å². The highest BCUT2D eigenvalue weighted by molar-refractivity contribution is 6.31. The van der Waals surface area contributed by atoms with E-state index in [0.717, 1.165) is 24.5 Å². The molecule has 1 aromatic heterocycles. The molecule has 0 saturated heterocycles. The molecule has 1 N–H and O–H groups in total. The van der Waals surface area contributed by atoms with Crippen molar-refractivity contribution in [1.29, 1.82) is 0 Å². The molecule has 1 aromatic carbocycles. The molecule has 0 amide bonds. The fraction of sp³-hybridized carbons (Fsp3) is 0.0909. The quantitative estimate of drug-likeness (QED) is 0.533. The second-order valence-electron chi connectivity index (χ2n) is 3.71. The summed E-state index contributed by atoms with van der Waals surface area (Å²) in [5.41, 5.74) is -0.514. The van der Waals surface area contributed by atoms with Gasteiger partial charge in [-0.2, -0.15) is 0 Å². The Bertz CT molecular complexity index is 669. The van der Waals surface area contributed by atoms with Crippen LogP contribution in [-0.2, 0) is 6.54 Å². The van der Waals surface area contributed by atoms with Gasteiger partial charge in [0.25, 0.3) is 0 Å². The van der Waals surface area contributed by atoms with Crippen molar-refractivity contribution < 1.29 is 13.7 Å². The number of halogens is 3. The second-order valence-corrected chi connectivity index (χ2v) is 4.07. The van der Waals surface area contributed by atoms with Gasteiger partial charge in [0.05, 0.1) is 4.92 Å².